The zero-order valence-corrected chi connectivity index (χ0v) is 8.46. The molecule has 0 heterocycles. The monoisotopic (exact) mass is 193 g/mol. The van der Waals surface area contributed by atoms with Crippen LogP contribution in [0.25, 0.3) is 0 Å². The standard InChI is InChI=1S/C12H16FN/c1-8-5-6-10(7-11(8)13)12(14)9-3-2-4-9/h5-7,9,12H,2-4,14H2,1H3/t12-/m1/s1. The van der Waals surface area contributed by atoms with E-state index in [1.807, 2.05) is 12.1 Å². The molecule has 2 N–H and O–H groups in total. The Kier molecular flexibility index (Phi) is 2.55. The molecular formula is C12H16FN. The first-order valence-corrected chi connectivity index (χ1v) is 5.20. The van der Waals surface area contributed by atoms with Crippen molar-refractivity contribution in [1.82, 2.24) is 0 Å². The molecule has 1 nitrogen and oxygen atoms in total. The lowest BCUT2D eigenvalue weighted by Crippen LogP contribution is -2.26. The maximum atomic E-state index is 13.3. The molecule has 2 rings (SSSR count). The Morgan fingerprint density at radius 1 is 1.43 bits per heavy atom. The topological polar surface area (TPSA) is 26.0 Å². The highest BCUT2D eigenvalue weighted by atomic mass is 19.1. The van der Waals surface area contributed by atoms with E-state index in [2.05, 4.69) is 0 Å². The van der Waals surface area contributed by atoms with Gasteiger partial charge in [-0.15, -0.1) is 0 Å². The molecule has 0 unspecified atom stereocenters. The van der Waals surface area contributed by atoms with Crippen molar-refractivity contribution in [1.29, 1.82) is 0 Å². The molecule has 0 aliphatic heterocycles. The van der Waals surface area contributed by atoms with Crippen molar-refractivity contribution < 1.29 is 4.39 Å². The Labute approximate surface area is 84.1 Å². The smallest absolute Gasteiger partial charge is 0.126 e. The van der Waals surface area contributed by atoms with Gasteiger partial charge in [0.1, 0.15) is 5.82 Å². The van der Waals surface area contributed by atoms with Crippen LogP contribution in [0.5, 0.6) is 0 Å². The Bertz CT molecular complexity index is 331. The third-order valence-electron chi connectivity index (χ3n) is 3.24. The summed E-state index contributed by atoms with van der Waals surface area (Å²) in [5, 5.41) is 0. The van der Waals surface area contributed by atoms with Crippen LogP contribution in [0.2, 0.25) is 0 Å². The van der Waals surface area contributed by atoms with Gasteiger partial charge in [0.15, 0.2) is 0 Å². The van der Waals surface area contributed by atoms with E-state index in [0.717, 1.165) is 5.56 Å². The summed E-state index contributed by atoms with van der Waals surface area (Å²) >= 11 is 0. The number of benzene rings is 1. The molecule has 0 bridgehead atoms. The van der Waals surface area contributed by atoms with E-state index in [1.54, 1.807) is 13.0 Å². The van der Waals surface area contributed by atoms with Gasteiger partial charge in [0.05, 0.1) is 0 Å². The summed E-state index contributed by atoms with van der Waals surface area (Å²) < 4.78 is 13.3. The zero-order valence-electron chi connectivity index (χ0n) is 8.46. The molecule has 14 heavy (non-hydrogen) atoms. The summed E-state index contributed by atoms with van der Waals surface area (Å²) in [4.78, 5) is 0. The predicted octanol–water partition coefficient (Wildman–Crippen LogP) is 2.93. The minimum absolute atomic E-state index is 0.0267. The van der Waals surface area contributed by atoms with E-state index in [0.29, 0.717) is 11.5 Å². The molecule has 1 aliphatic rings. The highest BCUT2D eigenvalue weighted by molar-refractivity contribution is 5.26. The number of hydrogen-bond donors (Lipinski definition) is 1. The molecule has 1 aromatic rings. The zero-order chi connectivity index (χ0) is 10.1. The van der Waals surface area contributed by atoms with Gasteiger partial charge in [-0.2, -0.15) is 0 Å². The van der Waals surface area contributed by atoms with Crippen LogP contribution in [0.1, 0.15) is 36.4 Å². The maximum Gasteiger partial charge on any atom is 0.126 e. The van der Waals surface area contributed by atoms with Crippen molar-refractivity contribution in [3.05, 3.63) is 35.1 Å². The first-order valence-electron chi connectivity index (χ1n) is 5.20. The number of aryl methyl sites for hydroxylation is 1. The summed E-state index contributed by atoms with van der Waals surface area (Å²) in [6.07, 6.45) is 3.65. The van der Waals surface area contributed by atoms with Crippen LogP contribution in [0, 0.1) is 18.7 Å². The minimum atomic E-state index is -0.141. The molecular weight excluding hydrogens is 177 g/mol. The van der Waals surface area contributed by atoms with Crippen molar-refractivity contribution in [3.8, 4) is 0 Å². The number of hydrogen-bond acceptors (Lipinski definition) is 1. The lowest BCUT2D eigenvalue weighted by atomic mass is 9.77. The molecule has 1 aromatic carbocycles. The fourth-order valence-electron chi connectivity index (χ4n) is 1.89. The second-order valence-corrected chi connectivity index (χ2v) is 4.23. The molecule has 1 aliphatic carbocycles. The van der Waals surface area contributed by atoms with Crippen molar-refractivity contribution >= 4 is 0 Å². The fourth-order valence-corrected chi connectivity index (χ4v) is 1.89. The molecule has 0 radical (unpaired) electrons. The molecule has 0 amide bonds. The summed E-state index contributed by atoms with van der Waals surface area (Å²) in [5.41, 5.74) is 7.68. The van der Waals surface area contributed by atoms with Crippen molar-refractivity contribution in [2.45, 2.75) is 32.2 Å². The predicted molar refractivity (Wildman–Crippen MR) is 55.4 cm³/mol. The first-order chi connectivity index (χ1) is 6.68. The van der Waals surface area contributed by atoms with Crippen LogP contribution in [0.3, 0.4) is 0 Å². The summed E-state index contributed by atoms with van der Waals surface area (Å²) in [7, 11) is 0. The van der Waals surface area contributed by atoms with Crippen molar-refractivity contribution in [2.24, 2.45) is 11.7 Å². The van der Waals surface area contributed by atoms with Gasteiger partial charge in [-0.25, -0.2) is 4.39 Å². The molecule has 0 saturated heterocycles. The Morgan fingerprint density at radius 3 is 2.64 bits per heavy atom. The van der Waals surface area contributed by atoms with Crippen LogP contribution in [0.4, 0.5) is 4.39 Å². The van der Waals surface area contributed by atoms with Gasteiger partial charge in [-0.1, -0.05) is 18.6 Å². The largest absolute Gasteiger partial charge is 0.324 e. The van der Waals surface area contributed by atoms with Crippen LogP contribution in [0.15, 0.2) is 18.2 Å². The molecule has 2 heteroatoms. The van der Waals surface area contributed by atoms with E-state index >= 15 is 0 Å². The van der Waals surface area contributed by atoms with Gasteiger partial charge in [0.25, 0.3) is 0 Å². The van der Waals surface area contributed by atoms with Gasteiger partial charge in [0.2, 0.25) is 0 Å². The highest BCUT2D eigenvalue weighted by Gasteiger charge is 2.25. The van der Waals surface area contributed by atoms with E-state index in [-0.39, 0.29) is 11.9 Å². The maximum absolute atomic E-state index is 13.3. The van der Waals surface area contributed by atoms with E-state index in [9.17, 15) is 4.39 Å². The van der Waals surface area contributed by atoms with E-state index < -0.39 is 0 Å². The third-order valence-corrected chi connectivity index (χ3v) is 3.24. The van der Waals surface area contributed by atoms with Gasteiger partial charge in [-0.05, 0) is 42.9 Å². The van der Waals surface area contributed by atoms with Crippen LogP contribution in [-0.4, -0.2) is 0 Å². The van der Waals surface area contributed by atoms with Gasteiger partial charge < -0.3 is 5.73 Å². The normalized spacial score (nSPS) is 19.1. The minimum Gasteiger partial charge on any atom is -0.324 e. The Hall–Kier alpha value is -0.890. The average Bonchev–Trinajstić information content (AvgIpc) is 2.06. The van der Waals surface area contributed by atoms with Gasteiger partial charge in [0, 0.05) is 6.04 Å². The van der Waals surface area contributed by atoms with Crippen LogP contribution >= 0.6 is 0 Å². The van der Waals surface area contributed by atoms with Crippen molar-refractivity contribution in [3.63, 3.8) is 0 Å². The van der Waals surface area contributed by atoms with Crippen LogP contribution < -0.4 is 5.73 Å². The summed E-state index contributed by atoms with van der Waals surface area (Å²) in [5.74, 6) is 0.425. The molecule has 1 saturated carbocycles. The highest BCUT2D eigenvalue weighted by Crippen LogP contribution is 2.36. The third kappa shape index (κ3) is 1.67. The molecule has 76 valence electrons. The summed E-state index contributed by atoms with van der Waals surface area (Å²) in [6.45, 7) is 1.77. The first kappa shape index (κ1) is 9.66. The SMILES string of the molecule is Cc1ccc([C@H](N)C2CCC2)cc1F. The number of rotatable bonds is 2. The molecule has 0 spiro atoms. The molecule has 1 atom stereocenters. The van der Waals surface area contributed by atoms with Gasteiger partial charge >= 0.3 is 0 Å². The number of halogens is 1. The van der Waals surface area contributed by atoms with Crippen LogP contribution in [-0.2, 0) is 0 Å². The quantitative estimate of drug-likeness (QED) is 0.767. The second-order valence-electron chi connectivity index (χ2n) is 4.23. The average molecular weight is 193 g/mol. The van der Waals surface area contributed by atoms with E-state index in [4.69, 9.17) is 5.73 Å². The van der Waals surface area contributed by atoms with Crippen molar-refractivity contribution in [2.75, 3.05) is 0 Å². The number of nitrogens with two attached hydrogens (primary N) is 1. The van der Waals surface area contributed by atoms with Gasteiger partial charge in [-0.3, -0.25) is 0 Å². The Morgan fingerprint density at radius 2 is 2.14 bits per heavy atom. The molecule has 0 aromatic heterocycles. The lowest BCUT2D eigenvalue weighted by molar-refractivity contribution is 0.264. The summed E-state index contributed by atoms with van der Waals surface area (Å²) in [6, 6.07) is 5.36. The molecule has 1 fully saturated rings. The Balaban J connectivity index is 2.18. The fraction of sp³-hybridized carbons (Fsp3) is 0.500. The second kappa shape index (κ2) is 3.70. The van der Waals surface area contributed by atoms with E-state index in [1.165, 1.54) is 19.3 Å². The lowest BCUT2D eigenvalue weighted by Gasteiger charge is -2.31.